The van der Waals surface area contributed by atoms with Crippen LogP contribution < -0.4 is 19.6 Å². The van der Waals surface area contributed by atoms with Crippen molar-refractivity contribution in [2.24, 2.45) is 4.99 Å². The lowest BCUT2D eigenvalue weighted by molar-refractivity contribution is -0.387. The lowest BCUT2D eigenvalue weighted by atomic mass is 9.93. The molecular formula is C37H26Cl2N6O6S2. The zero-order chi connectivity index (χ0) is 37.2. The van der Waals surface area contributed by atoms with Gasteiger partial charge in [-0.3, -0.25) is 24.6 Å². The number of ether oxygens (including phenoxy) is 2. The van der Waals surface area contributed by atoms with Gasteiger partial charge < -0.3 is 9.47 Å². The molecule has 266 valence electrons. The van der Waals surface area contributed by atoms with Crippen LogP contribution in [0.3, 0.4) is 0 Å². The van der Waals surface area contributed by atoms with E-state index in [0.717, 1.165) is 23.1 Å². The number of hydrogen-bond donors (Lipinski definition) is 1. The molecule has 0 saturated carbocycles. The van der Waals surface area contributed by atoms with Crippen LogP contribution in [0.5, 0.6) is 5.75 Å². The number of aromatic amines is 1. The molecule has 53 heavy (non-hydrogen) atoms. The van der Waals surface area contributed by atoms with E-state index in [2.05, 4.69) is 15.2 Å². The van der Waals surface area contributed by atoms with Crippen molar-refractivity contribution in [3.63, 3.8) is 0 Å². The largest absolute Gasteiger partial charge is 0.497 e. The predicted molar refractivity (Wildman–Crippen MR) is 203 cm³/mol. The van der Waals surface area contributed by atoms with E-state index >= 15 is 0 Å². The monoisotopic (exact) mass is 784 g/mol. The SMILES string of the molecule is CCOC(=O)C1=C(c2ccccc2)N=c2s/c(=C/c3ccc(Sc4n[nH]c(-c5ccc(Cl)cc5Cl)n4)c([N+](=O)[O-])c3)c(=O)n2[C@H]1c1cccc(OC)c1. The van der Waals surface area contributed by atoms with Crippen LogP contribution >= 0.6 is 46.3 Å². The Hall–Kier alpha value is -5.54. The summed E-state index contributed by atoms with van der Waals surface area (Å²) in [5, 5.41) is 20.4. The molecule has 4 aromatic carbocycles. The maximum atomic E-state index is 14.3. The summed E-state index contributed by atoms with van der Waals surface area (Å²) in [6, 6.07) is 24.9. The van der Waals surface area contributed by atoms with Gasteiger partial charge in [-0.05, 0) is 72.3 Å². The number of H-pyrrole nitrogens is 1. The van der Waals surface area contributed by atoms with Gasteiger partial charge in [0.1, 0.15) is 5.75 Å². The van der Waals surface area contributed by atoms with Crippen molar-refractivity contribution in [3.05, 3.63) is 153 Å². The zero-order valence-corrected chi connectivity index (χ0v) is 30.9. The van der Waals surface area contributed by atoms with Crippen molar-refractivity contribution in [2.45, 2.75) is 23.0 Å². The molecule has 0 amide bonds. The molecule has 1 atom stereocenters. The topological polar surface area (TPSA) is 155 Å². The van der Waals surface area contributed by atoms with Crippen LogP contribution in [0.15, 0.2) is 116 Å². The molecule has 0 spiro atoms. The molecular weight excluding hydrogens is 759 g/mol. The maximum Gasteiger partial charge on any atom is 0.338 e. The van der Waals surface area contributed by atoms with E-state index < -0.39 is 22.5 Å². The van der Waals surface area contributed by atoms with E-state index in [4.69, 9.17) is 37.7 Å². The molecule has 7 rings (SSSR count). The van der Waals surface area contributed by atoms with E-state index in [0.29, 0.717) is 54.4 Å². The summed E-state index contributed by atoms with van der Waals surface area (Å²) in [5.41, 5.74) is 2.16. The van der Waals surface area contributed by atoms with E-state index in [-0.39, 0.29) is 32.5 Å². The number of fused-ring (bicyclic) bond motifs is 1. The van der Waals surface area contributed by atoms with Gasteiger partial charge in [-0.2, -0.15) is 0 Å². The highest BCUT2D eigenvalue weighted by Gasteiger charge is 2.35. The quantitative estimate of drug-likeness (QED) is 0.0871. The molecule has 3 heterocycles. The number of aromatic nitrogens is 4. The Morgan fingerprint density at radius 1 is 1.08 bits per heavy atom. The van der Waals surface area contributed by atoms with Crippen LogP contribution in [-0.4, -0.2) is 44.4 Å². The molecule has 0 unspecified atom stereocenters. The third kappa shape index (κ3) is 7.26. The number of methoxy groups -OCH3 is 1. The second-order valence-electron chi connectivity index (χ2n) is 11.4. The summed E-state index contributed by atoms with van der Waals surface area (Å²) in [6.07, 6.45) is 1.57. The third-order valence-electron chi connectivity index (χ3n) is 8.11. The standard InChI is InChI=1S/C37H26Cl2N6O6S2/c1-3-51-35(47)30-31(21-8-5-4-6-9-21)40-37-44(32(30)22-10-7-11-24(18-22)50-2)34(46)29(53-37)17-20-12-15-28(27(16-20)45(48)49)52-36-41-33(42-43-36)25-14-13-23(38)19-26(25)39/h4-19,32H,3H2,1-2H3,(H,41,42,43)/b29-17+/t32-/m0/s1. The van der Waals surface area contributed by atoms with Crippen molar-refractivity contribution >= 4 is 69.7 Å². The number of nitrogens with zero attached hydrogens (tertiary/aromatic N) is 5. The molecule has 0 saturated heterocycles. The molecule has 1 N–H and O–H groups in total. The Labute approximate surface area is 319 Å². The van der Waals surface area contributed by atoms with Crippen LogP contribution in [0.1, 0.15) is 29.7 Å². The number of nitro groups is 1. The van der Waals surface area contributed by atoms with Crippen molar-refractivity contribution in [1.82, 2.24) is 19.7 Å². The minimum Gasteiger partial charge on any atom is -0.497 e. The van der Waals surface area contributed by atoms with E-state index in [1.54, 1.807) is 67.6 Å². The van der Waals surface area contributed by atoms with Gasteiger partial charge in [0.25, 0.3) is 11.2 Å². The summed E-state index contributed by atoms with van der Waals surface area (Å²) in [6.45, 7) is 1.82. The number of carbonyl (C=O) groups is 1. The summed E-state index contributed by atoms with van der Waals surface area (Å²) < 4.78 is 12.7. The van der Waals surface area contributed by atoms with Crippen LogP contribution in [0, 0.1) is 10.1 Å². The molecule has 16 heteroatoms. The van der Waals surface area contributed by atoms with Gasteiger partial charge in [-0.1, -0.05) is 83.1 Å². The Balaban J connectivity index is 1.32. The normalized spacial score (nSPS) is 14.1. The van der Waals surface area contributed by atoms with Gasteiger partial charge in [-0.15, -0.1) is 5.10 Å². The highest BCUT2D eigenvalue weighted by Crippen LogP contribution is 2.37. The van der Waals surface area contributed by atoms with E-state index in [1.165, 1.54) is 17.7 Å². The number of halogens is 2. The predicted octanol–water partition coefficient (Wildman–Crippen LogP) is 7.10. The molecule has 2 aromatic heterocycles. The van der Waals surface area contributed by atoms with Crippen LogP contribution in [0.25, 0.3) is 23.2 Å². The van der Waals surface area contributed by atoms with Crippen molar-refractivity contribution in [1.29, 1.82) is 0 Å². The molecule has 0 fully saturated rings. The fourth-order valence-corrected chi connectivity index (χ4v) is 8.06. The summed E-state index contributed by atoms with van der Waals surface area (Å²) >= 11 is 14.4. The summed E-state index contributed by atoms with van der Waals surface area (Å²) in [4.78, 5) is 49.7. The average molecular weight is 786 g/mol. The van der Waals surface area contributed by atoms with Crippen molar-refractivity contribution in [2.75, 3.05) is 13.7 Å². The zero-order valence-electron chi connectivity index (χ0n) is 27.8. The van der Waals surface area contributed by atoms with Gasteiger partial charge >= 0.3 is 5.97 Å². The minimum atomic E-state index is -0.917. The van der Waals surface area contributed by atoms with Crippen molar-refractivity contribution < 1.29 is 19.2 Å². The number of esters is 1. The first-order valence-electron chi connectivity index (χ1n) is 15.9. The number of nitrogens with one attached hydrogen (secondary N) is 1. The van der Waals surface area contributed by atoms with Gasteiger partial charge in [0, 0.05) is 22.2 Å². The van der Waals surface area contributed by atoms with Gasteiger partial charge in [0.05, 0.1) is 50.4 Å². The number of nitro benzene ring substituents is 1. The average Bonchev–Trinajstić information content (AvgIpc) is 3.75. The number of rotatable bonds is 10. The molecule has 1 aliphatic heterocycles. The molecule has 6 aromatic rings. The molecule has 12 nitrogen and oxygen atoms in total. The summed E-state index contributed by atoms with van der Waals surface area (Å²) in [5.74, 6) is 0.291. The fraction of sp³-hybridized carbons (Fsp3) is 0.108. The van der Waals surface area contributed by atoms with E-state index in [9.17, 15) is 19.7 Å². The second kappa shape index (κ2) is 15.2. The summed E-state index contributed by atoms with van der Waals surface area (Å²) in [7, 11) is 1.53. The second-order valence-corrected chi connectivity index (χ2v) is 14.2. The number of carbonyl (C=O) groups excluding carboxylic acids is 1. The molecule has 0 radical (unpaired) electrons. The van der Waals surface area contributed by atoms with Gasteiger partial charge in [0.2, 0.25) is 5.16 Å². The lowest BCUT2D eigenvalue weighted by Crippen LogP contribution is -2.40. The molecule has 1 aliphatic rings. The lowest BCUT2D eigenvalue weighted by Gasteiger charge is -2.26. The maximum absolute atomic E-state index is 14.3. The Morgan fingerprint density at radius 2 is 1.89 bits per heavy atom. The highest BCUT2D eigenvalue weighted by atomic mass is 35.5. The van der Waals surface area contributed by atoms with Gasteiger partial charge in [-0.25, -0.2) is 14.8 Å². The van der Waals surface area contributed by atoms with Crippen molar-refractivity contribution in [3.8, 4) is 17.1 Å². The van der Waals surface area contributed by atoms with Crippen LogP contribution in [0.2, 0.25) is 10.0 Å². The Bertz CT molecular complexity index is 2620. The Kier molecular flexibility index (Phi) is 10.3. The van der Waals surface area contributed by atoms with Gasteiger partial charge in [0.15, 0.2) is 10.6 Å². The van der Waals surface area contributed by atoms with Crippen LogP contribution in [0.4, 0.5) is 5.69 Å². The first kappa shape index (κ1) is 35.8. The first-order valence-corrected chi connectivity index (χ1v) is 18.3. The number of hydrogen-bond acceptors (Lipinski definition) is 11. The minimum absolute atomic E-state index is 0.112. The first-order chi connectivity index (χ1) is 25.6. The third-order valence-corrected chi connectivity index (χ3v) is 10.6. The molecule has 0 bridgehead atoms. The molecule has 0 aliphatic carbocycles. The number of benzene rings is 4. The smallest absolute Gasteiger partial charge is 0.338 e. The highest BCUT2D eigenvalue weighted by molar-refractivity contribution is 7.99. The fourth-order valence-electron chi connectivity index (χ4n) is 5.76. The Morgan fingerprint density at radius 3 is 2.62 bits per heavy atom. The van der Waals surface area contributed by atoms with E-state index in [1.807, 2.05) is 30.3 Å². The number of thiazole rings is 1. The van der Waals surface area contributed by atoms with Crippen LogP contribution in [-0.2, 0) is 9.53 Å².